The van der Waals surface area contributed by atoms with E-state index in [2.05, 4.69) is 57.7 Å². The molecule has 30 heavy (non-hydrogen) atoms. The molecule has 2 aromatic carbocycles. The molecule has 1 amide bonds. The number of hydrogen-bond acceptors (Lipinski definition) is 3. The lowest BCUT2D eigenvalue weighted by Gasteiger charge is -2.31. The molecule has 0 radical (unpaired) electrons. The zero-order valence-electron chi connectivity index (χ0n) is 17.7. The molecule has 0 saturated carbocycles. The molecule has 2 heterocycles. The Bertz CT molecular complexity index is 923. The Morgan fingerprint density at radius 1 is 1.10 bits per heavy atom. The molecule has 0 unspecified atom stereocenters. The number of rotatable bonds is 8. The second-order valence-corrected chi connectivity index (χ2v) is 8.14. The van der Waals surface area contributed by atoms with Gasteiger partial charge in [-0.3, -0.25) is 4.79 Å². The van der Waals surface area contributed by atoms with E-state index in [4.69, 9.17) is 4.74 Å². The third kappa shape index (κ3) is 5.22. The summed E-state index contributed by atoms with van der Waals surface area (Å²) in [6.45, 7) is 3.72. The van der Waals surface area contributed by atoms with Crippen LogP contribution in [-0.4, -0.2) is 49.1 Å². The SMILES string of the molecule is COc1ccc(CCNC(=O)C2CCN(CCc3cc4ccccc4[nH]3)CC2)cc1. The molecular weight excluding hydrogens is 374 g/mol. The van der Waals surface area contributed by atoms with Crippen LogP contribution in [0.15, 0.2) is 54.6 Å². The Hall–Kier alpha value is -2.79. The Labute approximate surface area is 178 Å². The normalized spacial score (nSPS) is 15.4. The highest BCUT2D eigenvalue weighted by atomic mass is 16.5. The van der Waals surface area contributed by atoms with Crippen LogP contribution < -0.4 is 10.1 Å². The number of methoxy groups -OCH3 is 1. The van der Waals surface area contributed by atoms with Crippen LogP contribution in [0.25, 0.3) is 10.9 Å². The maximum absolute atomic E-state index is 12.5. The first-order chi connectivity index (χ1) is 14.7. The van der Waals surface area contributed by atoms with Gasteiger partial charge in [-0.05, 0) is 67.6 Å². The summed E-state index contributed by atoms with van der Waals surface area (Å²) in [5.41, 5.74) is 3.70. The summed E-state index contributed by atoms with van der Waals surface area (Å²) in [7, 11) is 1.67. The number of likely N-dealkylation sites (tertiary alicyclic amines) is 1. The number of aromatic amines is 1. The highest BCUT2D eigenvalue weighted by molar-refractivity contribution is 5.80. The number of carbonyl (C=O) groups is 1. The van der Waals surface area contributed by atoms with E-state index in [-0.39, 0.29) is 11.8 Å². The molecule has 1 aliphatic rings. The maximum Gasteiger partial charge on any atom is 0.223 e. The number of aromatic nitrogens is 1. The number of piperidine rings is 1. The van der Waals surface area contributed by atoms with Crippen molar-refractivity contribution >= 4 is 16.8 Å². The number of hydrogen-bond donors (Lipinski definition) is 2. The molecule has 2 N–H and O–H groups in total. The zero-order valence-corrected chi connectivity index (χ0v) is 17.7. The van der Waals surface area contributed by atoms with Gasteiger partial charge in [-0.2, -0.15) is 0 Å². The van der Waals surface area contributed by atoms with Crippen LogP contribution in [0.5, 0.6) is 5.75 Å². The quantitative estimate of drug-likeness (QED) is 0.600. The predicted octanol–water partition coefficient (Wildman–Crippen LogP) is 3.79. The molecule has 1 aromatic heterocycles. The lowest BCUT2D eigenvalue weighted by atomic mass is 9.95. The fourth-order valence-corrected chi connectivity index (χ4v) is 4.23. The second kappa shape index (κ2) is 9.81. The number of nitrogens with one attached hydrogen (secondary N) is 2. The third-order valence-electron chi connectivity index (χ3n) is 6.11. The van der Waals surface area contributed by atoms with E-state index >= 15 is 0 Å². The Morgan fingerprint density at radius 3 is 2.60 bits per heavy atom. The molecule has 0 spiro atoms. The van der Waals surface area contributed by atoms with Crippen LogP contribution >= 0.6 is 0 Å². The topological polar surface area (TPSA) is 57.4 Å². The van der Waals surface area contributed by atoms with Gasteiger partial charge in [0.15, 0.2) is 0 Å². The number of ether oxygens (including phenoxy) is 1. The molecule has 0 aliphatic carbocycles. The number of fused-ring (bicyclic) bond motifs is 1. The van der Waals surface area contributed by atoms with Crippen molar-refractivity contribution in [2.75, 3.05) is 33.3 Å². The molecular formula is C25H31N3O2. The summed E-state index contributed by atoms with van der Waals surface area (Å²) in [6, 6.07) is 18.7. The van der Waals surface area contributed by atoms with E-state index in [1.165, 1.54) is 22.2 Å². The van der Waals surface area contributed by atoms with Crippen molar-refractivity contribution in [3.8, 4) is 5.75 Å². The summed E-state index contributed by atoms with van der Waals surface area (Å²) in [5, 5.41) is 4.40. The first-order valence-electron chi connectivity index (χ1n) is 10.9. The average Bonchev–Trinajstić information content (AvgIpc) is 3.21. The first kappa shape index (κ1) is 20.5. The van der Waals surface area contributed by atoms with Gasteiger partial charge in [0.1, 0.15) is 5.75 Å². The fraction of sp³-hybridized carbons (Fsp3) is 0.400. The van der Waals surface area contributed by atoms with Crippen LogP contribution in [-0.2, 0) is 17.6 Å². The maximum atomic E-state index is 12.5. The van der Waals surface area contributed by atoms with Crippen molar-refractivity contribution in [1.82, 2.24) is 15.2 Å². The number of nitrogens with zero attached hydrogens (tertiary/aromatic N) is 1. The van der Waals surface area contributed by atoms with Gasteiger partial charge in [0.25, 0.3) is 0 Å². The summed E-state index contributed by atoms with van der Waals surface area (Å²) >= 11 is 0. The molecule has 5 nitrogen and oxygen atoms in total. The van der Waals surface area contributed by atoms with Crippen molar-refractivity contribution in [2.45, 2.75) is 25.7 Å². The van der Waals surface area contributed by atoms with Crippen molar-refractivity contribution in [3.63, 3.8) is 0 Å². The molecule has 0 bridgehead atoms. The first-order valence-corrected chi connectivity index (χ1v) is 10.9. The Morgan fingerprint density at radius 2 is 1.87 bits per heavy atom. The van der Waals surface area contributed by atoms with Gasteiger partial charge in [0.05, 0.1) is 7.11 Å². The smallest absolute Gasteiger partial charge is 0.223 e. The van der Waals surface area contributed by atoms with Gasteiger partial charge in [-0.25, -0.2) is 0 Å². The fourth-order valence-electron chi connectivity index (χ4n) is 4.23. The summed E-state index contributed by atoms with van der Waals surface area (Å²) < 4.78 is 5.18. The van der Waals surface area contributed by atoms with E-state index in [9.17, 15) is 4.79 Å². The van der Waals surface area contributed by atoms with Crippen LogP contribution in [0.4, 0.5) is 0 Å². The van der Waals surface area contributed by atoms with Gasteiger partial charge in [-0.1, -0.05) is 30.3 Å². The zero-order chi connectivity index (χ0) is 20.8. The number of H-pyrrole nitrogens is 1. The largest absolute Gasteiger partial charge is 0.497 e. The standard InChI is InChI=1S/C25H31N3O2/c1-30-23-8-6-19(7-9-23)10-14-26-25(29)20-11-15-28(16-12-20)17-13-22-18-21-4-2-3-5-24(21)27-22/h2-9,18,20,27H,10-17H2,1H3,(H,26,29). The average molecular weight is 406 g/mol. The lowest BCUT2D eigenvalue weighted by Crippen LogP contribution is -2.41. The van der Waals surface area contributed by atoms with Gasteiger partial charge < -0.3 is 19.9 Å². The van der Waals surface area contributed by atoms with E-state index in [1.54, 1.807) is 7.11 Å². The van der Waals surface area contributed by atoms with E-state index in [0.29, 0.717) is 6.54 Å². The van der Waals surface area contributed by atoms with E-state index in [1.807, 2.05) is 12.1 Å². The Kier molecular flexibility index (Phi) is 6.70. The molecule has 1 saturated heterocycles. The minimum absolute atomic E-state index is 0.144. The van der Waals surface area contributed by atoms with Gasteiger partial charge in [0, 0.05) is 36.6 Å². The van der Waals surface area contributed by atoms with Crippen LogP contribution in [0, 0.1) is 5.92 Å². The minimum atomic E-state index is 0.144. The minimum Gasteiger partial charge on any atom is -0.497 e. The lowest BCUT2D eigenvalue weighted by molar-refractivity contribution is -0.126. The van der Waals surface area contributed by atoms with Gasteiger partial charge in [0.2, 0.25) is 5.91 Å². The number of benzene rings is 2. The second-order valence-electron chi connectivity index (χ2n) is 8.14. The molecule has 3 aromatic rings. The van der Waals surface area contributed by atoms with Crippen molar-refractivity contribution in [3.05, 3.63) is 65.9 Å². The van der Waals surface area contributed by atoms with Gasteiger partial charge in [-0.15, -0.1) is 0 Å². The summed E-state index contributed by atoms with van der Waals surface area (Å²) in [6.07, 6.45) is 3.76. The van der Waals surface area contributed by atoms with Crippen molar-refractivity contribution in [2.24, 2.45) is 5.92 Å². The van der Waals surface area contributed by atoms with Crippen molar-refractivity contribution < 1.29 is 9.53 Å². The van der Waals surface area contributed by atoms with Crippen molar-refractivity contribution in [1.29, 1.82) is 0 Å². The number of para-hydroxylation sites is 1. The van der Waals surface area contributed by atoms with E-state index in [0.717, 1.165) is 51.1 Å². The molecule has 1 fully saturated rings. The third-order valence-corrected chi connectivity index (χ3v) is 6.11. The van der Waals surface area contributed by atoms with Crippen LogP contribution in [0.3, 0.4) is 0 Å². The number of carbonyl (C=O) groups excluding carboxylic acids is 1. The van der Waals surface area contributed by atoms with Gasteiger partial charge >= 0.3 is 0 Å². The molecule has 4 rings (SSSR count). The molecule has 1 aliphatic heterocycles. The molecule has 158 valence electrons. The number of amides is 1. The summed E-state index contributed by atoms with van der Waals surface area (Å²) in [5.74, 6) is 1.21. The molecule has 5 heteroatoms. The highest BCUT2D eigenvalue weighted by Crippen LogP contribution is 2.19. The highest BCUT2D eigenvalue weighted by Gasteiger charge is 2.24. The predicted molar refractivity (Wildman–Crippen MR) is 121 cm³/mol. The monoisotopic (exact) mass is 405 g/mol. The van der Waals surface area contributed by atoms with E-state index < -0.39 is 0 Å². The van der Waals surface area contributed by atoms with Crippen LogP contribution in [0.1, 0.15) is 24.1 Å². The Balaban J connectivity index is 1.16. The summed E-state index contributed by atoms with van der Waals surface area (Å²) in [4.78, 5) is 18.5. The van der Waals surface area contributed by atoms with Crippen LogP contribution in [0.2, 0.25) is 0 Å². The molecule has 0 atom stereocenters.